The van der Waals surface area contributed by atoms with Crippen molar-refractivity contribution in [2.75, 3.05) is 5.88 Å². The highest BCUT2D eigenvalue weighted by atomic mass is 79.9. The number of nitrogens with zero attached hydrogens (tertiary/aromatic N) is 1. The quantitative estimate of drug-likeness (QED) is 0.461. The molecule has 0 N–H and O–H groups in total. The molecule has 0 aliphatic carbocycles. The second-order valence-electron chi connectivity index (χ2n) is 3.70. The van der Waals surface area contributed by atoms with Crippen LogP contribution in [0.4, 0.5) is 5.69 Å². The van der Waals surface area contributed by atoms with Crippen LogP contribution in [0.25, 0.3) is 0 Å². The topological polar surface area (TPSA) is 77.3 Å². The van der Waals surface area contributed by atoms with E-state index in [1.54, 1.807) is 0 Å². The third kappa shape index (κ3) is 3.21. The van der Waals surface area contributed by atoms with Gasteiger partial charge in [0.05, 0.1) is 10.2 Å². The Morgan fingerprint density at radius 3 is 2.61 bits per heavy atom. The van der Waals surface area contributed by atoms with Crippen LogP contribution in [0.3, 0.4) is 0 Å². The molecule has 1 unspecified atom stereocenters. The molecule has 5 nitrogen and oxygen atoms in total. The number of hydrogen-bond donors (Lipinski definition) is 0. The van der Waals surface area contributed by atoms with Gasteiger partial charge in [0.2, 0.25) is 0 Å². The standard InChI is InChI=1S/C10H11BrClNO4S/c1-7(4-5-12)18(16,17)10-6-8(11)2-3-9(10)13(14)15/h2-3,6-7H,4-5H2,1H3. The van der Waals surface area contributed by atoms with E-state index in [9.17, 15) is 18.5 Å². The maximum Gasteiger partial charge on any atom is 0.288 e. The van der Waals surface area contributed by atoms with Gasteiger partial charge in [0.15, 0.2) is 9.84 Å². The lowest BCUT2D eigenvalue weighted by molar-refractivity contribution is -0.387. The van der Waals surface area contributed by atoms with Crippen molar-refractivity contribution in [1.82, 2.24) is 0 Å². The van der Waals surface area contributed by atoms with Gasteiger partial charge in [-0.15, -0.1) is 11.6 Å². The number of benzene rings is 1. The maximum atomic E-state index is 12.2. The first kappa shape index (κ1) is 15.4. The number of sulfone groups is 1. The summed E-state index contributed by atoms with van der Waals surface area (Å²) in [6, 6.07) is 3.85. The number of hydrogen-bond acceptors (Lipinski definition) is 4. The third-order valence-corrected chi connectivity index (χ3v) is 5.42. The Bertz CT molecular complexity index is 561. The van der Waals surface area contributed by atoms with Crippen molar-refractivity contribution >= 4 is 43.1 Å². The van der Waals surface area contributed by atoms with Crippen molar-refractivity contribution in [2.45, 2.75) is 23.5 Å². The fourth-order valence-corrected chi connectivity index (χ4v) is 3.95. The molecule has 0 aromatic heterocycles. The third-order valence-electron chi connectivity index (χ3n) is 2.47. The van der Waals surface area contributed by atoms with Crippen LogP contribution in [0.5, 0.6) is 0 Å². The molecular formula is C10H11BrClNO4S. The first-order chi connectivity index (χ1) is 8.30. The van der Waals surface area contributed by atoms with Crippen LogP contribution < -0.4 is 0 Å². The number of nitro benzene ring substituents is 1. The summed E-state index contributed by atoms with van der Waals surface area (Å²) in [5.41, 5.74) is -0.417. The molecule has 0 aliphatic heterocycles. The predicted molar refractivity (Wildman–Crippen MR) is 72.8 cm³/mol. The summed E-state index contributed by atoms with van der Waals surface area (Å²) in [5, 5.41) is 10.1. The Morgan fingerprint density at radius 2 is 2.11 bits per heavy atom. The minimum absolute atomic E-state index is 0.183. The Morgan fingerprint density at radius 1 is 1.50 bits per heavy atom. The average Bonchev–Trinajstić information content (AvgIpc) is 2.28. The molecule has 0 fully saturated rings. The minimum Gasteiger partial charge on any atom is -0.258 e. The van der Waals surface area contributed by atoms with Crippen LogP contribution >= 0.6 is 27.5 Å². The molecule has 0 spiro atoms. The second-order valence-corrected chi connectivity index (χ2v) is 7.33. The first-order valence-corrected chi connectivity index (χ1v) is 7.92. The normalized spacial score (nSPS) is 13.3. The van der Waals surface area contributed by atoms with Crippen molar-refractivity contribution in [3.8, 4) is 0 Å². The Kier molecular flexibility index (Phi) is 5.12. The number of halogens is 2. The van der Waals surface area contributed by atoms with Crippen LogP contribution in [0.15, 0.2) is 27.6 Å². The van der Waals surface area contributed by atoms with Crippen molar-refractivity contribution in [3.05, 3.63) is 32.8 Å². The SMILES string of the molecule is CC(CCCl)S(=O)(=O)c1cc(Br)ccc1[N+](=O)[O-]. The highest BCUT2D eigenvalue weighted by Gasteiger charge is 2.30. The fraction of sp³-hybridized carbons (Fsp3) is 0.400. The van der Waals surface area contributed by atoms with E-state index in [1.165, 1.54) is 25.1 Å². The molecule has 100 valence electrons. The fourth-order valence-electron chi connectivity index (χ4n) is 1.39. The van der Waals surface area contributed by atoms with Crippen LogP contribution in [0, 0.1) is 10.1 Å². The zero-order chi connectivity index (χ0) is 13.9. The molecule has 0 heterocycles. The van der Waals surface area contributed by atoms with Crippen LogP contribution in [0.2, 0.25) is 0 Å². The van der Waals surface area contributed by atoms with Gasteiger partial charge in [-0.05, 0) is 25.5 Å². The summed E-state index contributed by atoms with van der Waals surface area (Å²) in [6.07, 6.45) is 0.244. The lowest BCUT2D eigenvalue weighted by Crippen LogP contribution is -2.19. The number of rotatable bonds is 5. The van der Waals surface area contributed by atoms with Crippen molar-refractivity contribution < 1.29 is 13.3 Å². The lowest BCUT2D eigenvalue weighted by atomic mass is 10.3. The van der Waals surface area contributed by atoms with E-state index in [-0.39, 0.29) is 17.2 Å². The van der Waals surface area contributed by atoms with Crippen molar-refractivity contribution in [1.29, 1.82) is 0 Å². The molecule has 1 aromatic rings. The van der Waals surface area contributed by atoms with Crippen molar-refractivity contribution in [3.63, 3.8) is 0 Å². The molecule has 1 aromatic carbocycles. The van der Waals surface area contributed by atoms with Gasteiger partial charge in [0.1, 0.15) is 4.90 Å². The van der Waals surface area contributed by atoms with Gasteiger partial charge in [-0.3, -0.25) is 10.1 Å². The summed E-state index contributed by atoms with van der Waals surface area (Å²) >= 11 is 8.63. The molecule has 0 saturated heterocycles. The smallest absolute Gasteiger partial charge is 0.258 e. The maximum absolute atomic E-state index is 12.2. The average molecular weight is 357 g/mol. The van der Waals surface area contributed by atoms with Gasteiger partial charge in [-0.1, -0.05) is 15.9 Å². The van der Waals surface area contributed by atoms with Crippen LogP contribution in [-0.2, 0) is 9.84 Å². The van der Waals surface area contributed by atoms with Gasteiger partial charge in [0, 0.05) is 16.4 Å². The Hall–Kier alpha value is -0.660. The highest BCUT2D eigenvalue weighted by molar-refractivity contribution is 9.10. The van der Waals surface area contributed by atoms with E-state index in [2.05, 4.69) is 15.9 Å². The zero-order valence-electron chi connectivity index (χ0n) is 9.47. The van der Waals surface area contributed by atoms with Crippen molar-refractivity contribution in [2.24, 2.45) is 0 Å². The summed E-state index contributed by atoms with van der Waals surface area (Å²) in [6.45, 7) is 1.49. The largest absolute Gasteiger partial charge is 0.288 e. The van der Waals surface area contributed by atoms with Crippen LogP contribution in [0.1, 0.15) is 13.3 Å². The minimum atomic E-state index is -3.76. The molecule has 18 heavy (non-hydrogen) atoms. The molecule has 8 heteroatoms. The molecular weight excluding hydrogens is 346 g/mol. The molecule has 1 rings (SSSR count). The lowest BCUT2D eigenvalue weighted by Gasteiger charge is -2.11. The number of nitro groups is 1. The number of alkyl halides is 1. The van der Waals surface area contributed by atoms with E-state index in [0.717, 1.165) is 0 Å². The highest BCUT2D eigenvalue weighted by Crippen LogP contribution is 2.30. The summed E-state index contributed by atoms with van der Waals surface area (Å²) < 4.78 is 24.9. The van der Waals surface area contributed by atoms with Gasteiger partial charge in [-0.2, -0.15) is 0 Å². The predicted octanol–water partition coefficient (Wildman–Crippen LogP) is 3.15. The van der Waals surface area contributed by atoms with Gasteiger partial charge >= 0.3 is 0 Å². The van der Waals surface area contributed by atoms with E-state index >= 15 is 0 Å². The van der Waals surface area contributed by atoms with E-state index in [4.69, 9.17) is 11.6 Å². The Balaban J connectivity index is 3.39. The molecule has 0 amide bonds. The van der Waals surface area contributed by atoms with Gasteiger partial charge < -0.3 is 0 Å². The summed E-state index contributed by atoms with van der Waals surface area (Å²) in [7, 11) is -3.76. The monoisotopic (exact) mass is 355 g/mol. The zero-order valence-corrected chi connectivity index (χ0v) is 12.6. The van der Waals surface area contributed by atoms with Gasteiger partial charge in [-0.25, -0.2) is 8.42 Å². The van der Waals surface area contributed by atoms with E-state index in [0.29, 0.717) is 4.47 Å². The molecule has 0 radical (unpaired) electrons. The summed E-state index contributed by atoms with van der Waals surface area (Å²) in [4.78, 5) is 9.88. The molecule has 0 bridgehead atoms. The molecule has 0 saturated carbocycles. The van der Waals surface area contributed by atoms with E-state index in [1.807, 2.05) is 0 Å². The summed E-state index contributed by atoms with van der Waals surface area (Å²) in [5.74, 6) is 0.183. The molecule has 0 aliphatic rings. The second kappa shape index (κ2) is 5.99. The van der Waals surface area contributed by atoms with E-state index < -0.39 is 25.7 Å². The van der Waals surface area contributed by atoms with Gasteiger partial charge in [0.25, 0.3) is 5.69 Å². The first-order valence-electron chi connectivity index (χ1n) is 5.04. The Labute approximate surface area is 118 Å². The molecule has 1 atom stereocenters. The van der Waals surface area contributed by atoms with Crippen LogP contribution in [-0.4, -0.2) is 24.5 Å².